The molecule has 4 N–H and O–H groups in total. The van der Waals surface area contributed by atoms with Gasteiger partial charge in [0.2, 0.25) is 17.9 Å². The maximum absolute atomic E-state index is 13.7. The van der Waals surface area contributed by atoms with E-state index in [2.05, 4.69) is 5.32 Å². The number of hydrogen-bond acceptors (Lipinski definition) is 5. The summed E-state index contributed by atoms with van der Waals surface area (Å²) in [6, 6.07) is 11.2. The Hall–Kier alpha value is -2.36. The molecule has 0 heterocycles. The molecule has 1 amide bonds. The quantitative estimate of drug-likeness (QED) is 0.387. The minimum absolute atomic E-state index is 0.117. The van der Waals surface area contributed by atoms with Gasteiger partial charge in [0, 0.05) is 31.1 Å². The van der Waals surface area contributed by atoms with Crippen molar-refractivity contribution in [2.24, 2.45) is 5.89 Å². The molecule has 0 saturated heterocycles. The first-order valence-electron chi connectivity index (χ1n) is 13.3. The number of amides is 1. The number of nitrogens with zero attached hydrogens (tertiary/aromatic N) is 1. The van der Waals surface area contributed by atoms with Crippen molar-refractivity contribution < 1.29 is 30.7 Å². The molecule has 2 aromatic carbocycles. The third kappa shape index (κ3) is 6.86. The van der Waals surface area contributed by atoms with E-state index < -0.39 is 65.5 Å². The average Bonchev–Trinajstić information content (AvgIpc) is 2.80. The van der Waals surface area contributed by atoms with Gasteiger partial charge < -0.3 is 16.2 Å². The maximum Gasteiger partial charge on any atom is 0.243 e. The third-order valence-electron chi connectivity index (χ3n) is 4.15. The number of anilines is 1. The Bertz CT molecular complexity index is 1230. The second-order valence-electron chi connectivity index (χ2n) is 6.46. The highest BCUT2D eigenvalue weighted by molar-refractivity contribution is 7.89. The number of nitrogens with two attached hydrogens (primary N) is 1. The van der Waals surface area contributed by atoms with Crippen LogP contribution in [0.3, 0.4) is 0 Å². The van der Waals surface area contributed by atoms with Crippen LogP contribution in [-0.2, 0) is 16.4 Å². The Kier molecular flexibility index (Phi) is 4.90. The van der Waals surface area contributed by atoms with Crippen LogP contribution in [0.1, 0.15) is 31.6 Å². The monoisotopic (exact) mass is 438 g/mol. The fraction of sp³-hybridized carbons (Fsp3) is 0.381. The summed E-state index contributed by atoms with van der Waals surface area (Å²) in [6.45, 7) is -13.0. The molecule has 2 aromatic rings. The number of nitrogen functional groups attached to an aromatic ring is 1. The summed E-state index contributed by atoms with van der Waals surface area (Å²) in [4.78, 5) is 11.0. The predicted octanol–water partition coefficient (Wildman–Crippen LogP) is 1.77. The van der Waals surface area contributed by atoms with Crippen LogP contribution in [0, 0.1) is 5.89 Å². The minimum atomic E-state index is -5.13. The number of rotatable bonds is 10. The lowest BCUT2D eigenvalue weighted by Gasteiger charge is -2.30. The number of aliphatic hydroxyl groups excluding tert-OH is 1. The van der Waals surface area contributed by atoms with Crippen LogP contribution in [0.2, 0.25) is 0 Å². The van der Waals surface area contributed by atoms with Crippen molar-refractivity contribution in [1.29, 1.82) is 0 Å². The van der Waals surface area contributed by atoms with E-state index in [1.165, 1.54) is 0 Å². The van der Waals surface area contributed by atoms with Gasteiger partial charge in [-0.1, -0.05) is 44.0 Å². The summed E-state index contributed by atoms with van der Waals surface area (Å²) in [7, 11) is 0.0879. The SMILES string of the molecule is [2H]C([2H])([2H])C([2H])(C([2H])([2H])[2H])C([2H])([2H])N(C[C@@H](O)[C@H](Cc1ccccc1)NC([B])=O)S(=O)(=O)c1ccc(N)cc1. The normalized spacial score (nSPS) is 20.0. The summed E-state index contributed by atoms with van der Waals surface area (Å²) < 4.78 is 98.9. The second kappa shape index (κ2) is 10.6. The first-order chi connectivity index (χ1) is 17.7. The zero-order chi connectivity index (χ0) is 30.0. The van der Waals surface area contributed by atoms with Crippen molar-refractivity contribution in [1.82, 2.24) is 9.62 Å². The predicted molar refractivity (Wildman–Crippen MR) is 119 cm³/mol. The van der Waals surface area contributed by atoms with E-state index in [-0.39, 0.29) is 16.4 Å². The van der Waals surface area contributed by atoms with Gasteiger partial charge in [0.15, 0.2) is 5.81 Å². The van der Waals surface area contributed by atoms with Crippen LogP contribution < -0.4 is 11.1 Å². The number of hydrogen-bond donors (Lipinski definition) is 3. The molecule has 0 aromatic heterocycles. The molecule has 0 aliphatic heterocycles. The molecule has 160 valence electrons. The van der Waals surface area contributed by atoms with Crippen LogP contribution in [0.4, 0.5) is 10.5 Å². The number of sulfonamides is 1. The van der Waals surface area contributed by atoms with Gasteiger partial charge in [0.25, 0.3) is 0 Å². The molecule has 0 saturated carbocycles. The van der Waals surface area contributed by atoms with Gasteiger partial charge in [-0.2, -0.15) is 4.31 Å². The minimum Gasteiger partial charge on any atom is -0.399 e. The van der Waals surface area contributed by atoms with Gasteiger partial charge >= 0.3 is 0 Å². The van der Waals surface area contributed by atoms with E-state index in [0.717, 1.165) is 24.3 Å². The lowest BCUT2D eigenvalue weighted by atomic mass is 9.99. The van der Waals surface area contributed by atoms with E-state index in [1.807, 2.05) is 0 Å². The lowest BCUT2D eigenvalue weighted by Crippen LogP contribution is -2.50. The van der Waals surface area contributed by atoms with E-state index >= 15 is 0 Å². The zero-order valence-electron chi connectivity index (χ0n) is 24.9. The van der Waals surface area contributed by atoms with Crippen LogP contribution in [0.25, 0.3) is 0 Å². The van der Waals surface area contributed by atoms with E-state index in [0.29, 0.717) is 5.56 Å². The number of carbonyl (C=O) groups is 1. The fourth-order valence-corrected chi connectivity index (χ4v) is 4.02. The molecule has 0 bridgehead atoms. The highest BCUT2D eigenvalue weighted by atomic mass is 32.2. The fourth-order valence-electron chi connectivity index (χ4n) is 2.73. The van der Waals surface area contributed by atoms with Gasteiger partial charge in [-0.15, -0.1) is 0 Å². The van der Waals surface area contributed by atoms with Crippen molar-refractivity contribution in [3.63, 3.8) is 0 Å². The van der Waals surface area contributed by atoms with Crippen LogP contribution in [-0.4, -0.2) is 56.7 Å². The molecule has 2 atom stereocenters. The smallest absolute Gasteiger partial charge is 0.243 e. The number of nitrogens with one attached hydrogen (secondary N) is 1. The highest BCUT2D eigenvalue weighted by Gasteiger charge is 2.30. The number of carbonyl (C=O) groups excluding carboxylic acids is 1. The second-order valence-corrected chi connectivity index (χ2v) is 8.33. The molecule has 0 spiro atoms. The molecule has 2 radical (unpaired) electrons. The summed E-state index contributed by atoms with van der Waals surface area (Å²) in [5.74, 6) is -5.12. The molecule has 0 aliphatic carbocycles. The van der Waals surface area contributed by atoms with Crippen molar-refractivity contribution >= 4 is 29.4 Å². The number of aliphatic hydroxyl groups is 1. The topological polar surface area (TPSA) is 113 Å². The Labute approximate surface area is 192 Å². The Morgan fingerprint density at radius 1 is 1.27 bits per heavy atom. The molecule has 0 unspecified atom stereocenters. The van der Waals surface area contributed by atoms with Crippen molar-refractivity contribution in [2.45, 2.75) is 37.2 Å². The van der Waals surface area contributed by atoms with Gasteiger partial charge in [-0.25, -0.2) is 8.42 Å². The lowest BCUT2D eigenvalue weighted by molar-refractivity contribution is 0.106. The molecule has 2 rings (SSSR count). The van der Waals surface area contributed by atoms with Gasteiger partial charge in [-0.3, -0.25) is 4.79 Å². The standard InChI is InChI=1S/C21H28BN3O4S/c1-15(2)13-25(30(28,29)18-10-8-17(23)9-11-18)14-20(26)19(24-21(22)27)12-16-6-4-3-5-7-16/h3-11,15,19-20,26H,12-14,23H2,1-2H3,(H,24,27)/t19-,20+/m0/s1/i1D3,2D3,13D2,15D. The molecular formula is C21H28BN3O4S. The summed E-state index contributed by atoms with van der Waals surface area (Å²) in [6.07, 6.45) is -2.07. The summed E-state index contributed by atoms with van der Waals surface area (Å²) >= 11 is 0. The van der Waals surface area contributed by atoms with Gasteiger partial charge in [0.1, 0.15) is 0 Å². The van der Waals surface area contributed by atoms with Crippen molar-refractivity contribution in [3.8, 4) is 0 Å². The zero-order valence-corrected chi connectivity index (χ0v) is 16.8. The van der Waals surface area contributed by atoms with Crippen LogP contribution in [0.15, 0.2) is 59.5 Å². The first-order valence-corrected chi connectivity index (χ1v) is 10.3. The van der Waals surface area contributed by atoms with E-state index in [9.17, 15) is 18.3 Å². The van der Waals surface area contributed by atoms with Crippen LogP contribution >= 0.6 is 0 Å². The first kappa shape index (κ1) is 13.8. The molecule has 7 nitrogen and oxygen atoms in total. The molecule has 0 aliphatic rings. The molecular weight excluding hydrogens is 401 g/mol. The Morgan fingerprint density at radius 3 is 2.47 bits per heavy atom. The molecule has 9 heteroatoms. The highest BCUT2D eigenvalue weighted by Crippen LogP contribution is 2.20. The largest absolute Gasteiger partial charge is 0.399 e. The van der Waals surface area contributed by atoms with Gasteiger partial charge in [-0.05, 0) is 42.1 Å². The third-order valence-corrected chi connectivity index (χ3v) is 5.84. The van der Waals surface area contributed by atoms with Crippen LogP contribution in [0.5, 0.6) is 0 Å². The Morgan fingerprint density at radius 2 is 1.90 bits per heavy atom. The number of benzene rings is 2. The van der Waals surface area contributed by atoms with E-state index in [4.69, 9.17) is 25.9 Å². The summed E-state index contributed by atoms with van der Waals surface area (Å²) in [5.41, 5.74) is 6.30. The molecule has 30 heavy (non-hydrogen) atoms. The molecule has 0 fully saturated rings. The average molecular weight is 438 g/mol. The maximum atomic E-state index is 13.7. The van der Waals surface area contributed by atoms with E-state index in [1.54, 1.807) is 30.3 Å². The summed E-state index contributed by atoms with van der Waals surface area (Å²) in [5, 5.41) is 13.3. The van der Waals surface area contributed by atoms with Crippen molar-refractivity contribution in [2.75, 3.05) is 18.8 Å². The van der Waals surface area contributed by atoms with Crippen molar-refractivity contribution in [3.05, 3.63) is 60.2 Å². The van der Waals surface area contributed by atoms with Gasteiger partial charge in [0.05, 0.1) is 17.0 Å². The Balaban J connectivity index is 2.72.